The lowest BCUT2D eigenvalue weighted by Gasteiger charge is -2.23. The van der Waals surface area contributed by atoms with Gasteiger partial charge in [0.2, 0.25) is 0 Å². The Hall–Kier alpha value is -1.23. The van der Waals surface area contributed by atoms with E-state index in [4.69, 9.17) is 16.3 Å². The van der Waals surface area contributed by atoms with Gasteiger partial charge in [-0.15, -0.1) is 12.4 Å². The minimum absolute atomic E-state index is 0. The molecule has 118 valence electrons. The number of carbonyl (C=O) groups is 1. The Labute approximate surface area is 140 Å². The predicted molar refractivity (Wildman–Crippen MR) is 88.6 cm³/mol. The number of halogens is 2. The molecule has 0 unspecified atom stereocenters. The van der Waals surface area contributed by atoms with Crippen LogP contribution in [-0.2, 0) is 4.79 Å². The van der Waals surface area contributed by atoms with Gasteiger partial charge in [0, 0.05) is 36.8 Å². The molecule has 1 aromatic rings. The fraction of sp³-hybridized carbons (Fsp3) is 0.438. The number of hydrogen-bond acceptors (Lipinski definition) is 3. The molecule has 1 amide bonds. The van der Waals surface area contributed by atoms with Crippen LogP contribution in [0.3, 0.4) is 0 Å². The predicted octanol–water partition coefficient (Wildman–Crippen LogP) is 2.22. The summed E-state index contributed by atoms with van der Waals surface area (Å²) in [6, 6.07) is 5.49. The van der Waals surface area contributed by atoms with Crippen molar-refractivity contribution in [1.82, 2.24) is 10.2 Å². The Morgan fingerprint density at radius 3 is 2.73 bits per heavy atom. The normalized spacial score (nSPS) is 25.7. The first-order valence-electron chi connectivity index (χ1n) is 7.33. The summed E-state index contributed by atoms with van der Waals surface area (Å²) >= 11 is 6.01. The SMILES string of the molecule is Cl.O=C(C1=Cc2cc(Cl)ccc2OC1)N1C[C@H]2CNC[C@H]2C1. The zero-order chi connectivity index (χ0) is 14.4. The number of nitrogens with one attached hydrogen (secondary N) is 1. The maximum Gasteiger partial charge on any atom is 0.253 e. The van der Waals surface area contributed by atoms with Gasteiger partial charge in [0.25, 0.3) is 5.91 Å². The van der Waals surface area contributed by atoms with E-state index in [-0.39, 0.29) is 18.3 Å². The van der Waals surface area contributed by atoms with Crippen LogP contribution in [0.15, 0.2) is 23.8 Å². The summed E-state index contributed by atoms with van der Waals surface area (Å²) in [5.41, 5.74) is 1.61. The molecule has 4 rings (SSSR count). The highest BCUT2D eigenvalue weighted by Crippen LogP contribution is 2.31. The Kier molecular flexibility index (Phi) is 4.35. The molecule has 0 aromatic heterocycles. The smallest absolute Gasteiger partial charge is 0.253 e. The van der Waals surface area contributed by atoms with Gasteiger partial charge in [-0.3, -0.25) is 4.79 Å². The van der Waals surface area contributed by atoms with Crippen molar-refractivity contribution in [1.29, 1.82) is 0 Å². The van der Waals surface area contributed by atoms with Crippen LogP contribution in [0.1, 0.15) is 5.56 Å². The zero-order valence-electron chi connectivity index (χ0n) is 12.0. The lowest BCUT2D eigenvalue weighted by Crippen LogP contribution is -2.34. The van der Waals surface area contributed by atoms with Gasteiger partial charge in [0.05, 0.1) is 5.57 Å². The molecular formula is C16H18Cl2N2O2. The van der Waals surface area contributed by atoms with Crippen molar-refractivity contribution >= 4 is 36.0 Å². The van der Waals surface area contributed by atoms with Crippen LogP contribution in [0.2, 0.25) is 5.02 Å². The van der Waals surface area contributed by atoms with E-state index in [1.54, 1.807) is 6.07 Å². The fourth-order valence-corrected chi connectivity index (χ4v) is 3.68. The van der Waals surface area contributed by atoms with E-state index in [1.807, 2.05) is 23.1 Å². The maximum atomic E-state index is 12.7. The number of carbonyl (C=O) groups excluding carboxylic acids is 1. The number of benzene rings is 1. The van der Waals surface area contributed by atoms with Crippen molar-refractivity contribution in [3.8, 4) is 5.75 Å². The van der Waals surface area contributed by atoms with Crippen molar-refractivity contribution in [2.75, 3.05) is 32.8 Å². The zero-order valence-corrected chi connectivity index (χ0v) is 13.6. The molecule has 1 N–H and O–H groups in total. The Morgan fingerprint density at radius 2 is 2.00 bits per heavy atom. The van der Waals surface area contributed by atoms with Crippen LogP contribution < -0.4 is 10.1 Å². The van der Waals surface area contributed by atoms with E-state index >= 15 is 0 Å². The van der Waals surface area contributed by atoms with Crippen molar-refractivity contribution in [2.45, 2.75) is 0 Å². The lowest BCUT2D eigenvalue weighted by atomic mass is 10.0. The third-order valence-corrected chi connectivity index (χ3v) is 4.87. The summed E-state index contributed by atoms with van der Waals surface area (Å²) in [6.45, 7) is 4.12. The molecule has 3 heterocycles. The van der Waals surface area contributed by atoms with Gasteiger partial charge < -0.3 is 15.0 Å². The Morgan fingerprint density at radius 1 is 1.27 bits per heavy atom. The van der Waals surface area contributed by atoms with Gasteiger partial charge in [0.15, 0.2) is 0 Å². The highest BCUT2D eigenvalue weighted by molar-refractivity contribution is 6.30. The molecule has 3 aliphatic heterocycles. The lowest BCUT2D eigenvalue weighted by molar-refractivity contribution is -0.126. The molecule has 0 aliphatic carbocycles. The fourth-order valence-electron chi connectivity index (χ4n) is 3.50. The van der Waals surface area contributed by atoms with Crippen LogP contribution in [0.25, 0.3) is 6.08 Å². The topological polar surface area (TPSA) is 41.6 Å². The summed E-state index contributed by atoms with van der Waals surface area (Å²) in [5, 5.41) is 4.05. The molecule has 6 heteroatoms. The van der Waals surface area contributed by atoms with Crippen molar-refractivity contribution < 1.29 is 9.53 Å². The average molecular weight is 341 g/mol. The van der Waals surface area contributed by atoms with Gasteiger partial charge in [-0.2, -0.15) is 0 Å². The number of hydrogen-bond donors (Lipinski definition) is 1. The molecule has 0 saturated carbocycles. The maximum absolute atomic E-state index is 12.7. The summed E-state index contributed by atoms with van der Waals surface area (Å²) in [7, 11) is 0. The van der Waals surface area contributed by atoms with Crippen LogP contribution in [0.5, 0.6) is 5.75 Å². The molecule has 4 nitrogen and oxygen atoms in total. The average Bonchev–Trinajstić information content (AvgIpc) is 3.06. The van der Waals surface area contributed by atoms with Gasteiger partial charge in [-0.1, -0.05) is 11.6 Å². The number of ether oxygens (including phenoxy) is 1. The van der Waals surface area contributed by atoms with Crippen molar-refractivity contribution in [2.24, 2.45) is 11.8 Å². The van der Waals surface area contributed by atoms with Crippen molar-refractivity contribution in [3.63, 3.8) is 0 Å². The third kappa shape index (κ3) is 2.71. The minimum Gasteiger partial charge on any atom is -0.488 e. The summed E-state index contributed by atoms with van der Waals surface area (Å²) in [6.07, 6.45) is 1.92. The Balaban J connectivity index is 0.00000144. The quantitative estimate of drug-likeness (QED) is 0.852. The van der Waals surface area contributed by atoms with Crippen LogP contribution in [-0.4, -0.2) is 43.6 Å². The van der Waals surface area contributed by atoms with Gasteiger partial charge >= 0.3 is 0 Å². The van der Waals surface area contributed by atoms with Gasteiger partial charge in [0.1, 0.15) is 12.4 Å². The molecule has 22 heavy (non-hydrogen) atoms. The summed E-state index contributed by atoms with van der Waals surface area (Å²) < 4.78 is 5.68. The standard InChI is InChI=1S/C16H17ClN2O2.ClH/c17-14-1-2-15-10(4-14)3-11(9-21-15)16(20)19-7-12-5-18-6-13(12)8-19;/h1-4,12-13,18H,5-9H2;1H/t12-,13+;. The molecule has 2 fully saturated rings. The van der Waals surface area contributed by atoms with E-state index < -0.39 is 0 Å². The molecule has 0 bridgehead atoms. The number of fused-ring (bicyclic) bond motifs is 2. The second-order valence-corrected chi connectivity index (χ2v) is 6.47. The monoisotopic (exact) mass is 340 g/mol. The van der Waals surface area contributed by atoms with E-state index in [0.29, 0.717) is 23.5 Å². The van der Waals surface area contributed by atoms with Crippen LogP contribution in [0, 0.1) is 11.8 Å². The highest BCUT2D eigenvalue weighted by atomic mass is 35.5. The van der Waals surface area contributed by atoms with E-state index in [2.05, 4.69) is 5.32 Å². The van der Waals surface area contributed by atoms with Crippen molar-refractivity contribution in [3.05, 3.63) is 34.4 Å². The van der Waals surface area contributed by atoms with Gasteiger partial charge in [-0.25, -0.2) is 0 Å². The van der Waals surface area contributed by atoms with E-state index in [0.717, 1.165) is 43.1 Å². The van der Waals surface area contributed by atoms with E-state index in [1.165, 1.54) is 0 Å². The third-order valence-electron chi connectivity index (χ3n) is 4.64. The second kappa shape index (κ2) is 6.11. The molecule has 0 spiro atoms. The number of rotatable bonds is 1. The molecule has 2 atom stereocenters. The van der Waals surface area contributed by atoms with Crippen LogP contribution >= 0.6 is 24.0 Å². The molecule has 2 saturated heterocycles. The largest absolute Gasteiger partial charge is 0.488 e. The van der Waals surface area contributed by atoms with Crippen LogP contribution in [0.4, 0.5) is 0 Å². The summed E-state index contributed by atoms with van der Waals surface area (Å²) in [5.74, 6) is 2.12. The second-order valence-electron chi connectivity index (χ2n) is 6.03. The molecular weight excluding hydrogens is 323 g/mol. The Bertz CT molecular complexity index is 621. The minimum atomic E-state index is 0. The molecule has 3 aliphatic rings. The molecule has 1 aromatic carbocycles. The first-order valence-corrected chi connectivity index (χ1v) is 7.71. The molecule has 0 radical (unpaired) electrons. The first-order chi connectivity index (χ1) is 10.2. The number of nitrogens with zero attached hydrogens (tertiary/aromatic N) is 1. The van der Waals surface area contributed by atoms with Gasteiger partial charge in [-0.05, 0) is 36.1 Å². The van der Waals surface area contributed by atoms with E-state index in [9.17, 15) is 4.79 Å². The first kappa shape index (κ1) is 15.7. The summed E-state index contributed by atoms with van der Waals surface area (Å²) in [4.78, 5) is 14.6. The number of likely N-dealkylation sites (tertiary alicyclic amines) is 1. The highest BCUT2D eigenvalue weighted by Gasteiger charge is 2.39. The number of amides is 1.